The number of carboxylic acids is 1. The third kappa shape index (κ3) is 10.4. The molecule has 0 aliphatic heterocycles. The van der Waals surface area contributed by atoms with Crippen LogP contribution in [0, 0.1) is 5.92 Å². The first-order valence-electron chi connectivity index (χ1n) is 9.20. The number of nitrogens with one attached hydrogen (secondary N) is 3. The monoisotopic (exact) mass is 430 g/mol. The van der Waals surface area contributed by atoms with Gasteiger partial charge in [-0.2, -0.15) is 0 Å². The molecule has 0 aromatic rings. The minimum Gasteiger partial charge on any atom is -0.480 e. The molecule has 0 bridgehead atoms. The number of rotatable bonds is 13. The van der Waals surface area contributed by atoms with E-state index < -0.39 is 72.5 Å². The molecule has 0 aromatic heterocycles. The van der Waals surface area contributed by atoms with Crippen molar-refractivity contribution < 1.29 is 33.9 Å². The number of amides is 5. The Bertz CT molecular complexity index is 680. The zero-order valence-corrected chi connectivity index (χ0v) is 17.1. The van der Waals surface area contributed by atoms with Crippen molar-refractivity contribution in [1.29, 1.82) is 0 Å². The molecule has 0 rings (SSSR count). The van der Waals surface area contributed by atoms with Crippen molar-refractivity contribution in [3.8, 4) is 0 Å². The molecular weight excluding hydrogens is 400 g/mol. The summed E-state index contributed by atoms with van der Waals surface area (Å²) in [7, 11) is 0. The predicted octanol–water partition coefficient (Wildman–Crippen LogP) is -3.33. The fraction of sp³-hybridized carbons (Fsp3) is 0.647. The number of nitrogens with two attached hydrogens (primary N) is 3. The maximum Gasteiger partial charge on any atom is 0.326 e. The largest absolute Gasteiger partial charge is 0.480 e. The van der Waals surface area contributed by atoms with Crippen LogP contribution in [0.15, 0.2) is 0 Å². The highest BCUT2D eigenvalue weighted by molar-refractivity contribution is 5.97. The molecule has 30 heavy (non-hydrogen) atoms. The second kappa shape index (κ2) is 12.4. The lowest BCUT2D eigenvalue weighted by Crippen LogP contribution is -2.58. The zero-order chi connectivity index (χ0) is 23.6. The van der Waals surface area contributed by atoms with Gasteiger partial charge in [0.15, 0.2) is 0 Å². The van der Waals surface area contributed by atoms with Gasteiger partial charge in [0.25, 0.3) is 0 Å². The summed E-state index contributed by atoms with van der Waals surface area (Å²) in [6.45, 7) is 4.85. The third-order valence-corrected chi connectivity index (χ3v) is 3.81. The average Bonchev–Trinajstić information content (AvgIpc) is 2.58. The van der Waals surface area contributed by atoms with Gasteiger partial charge in [0.1, 0.15) is 18.1 Å². The molecule has 0 radical (unpaired) electrons. The number of carboxylic acid groups (broad SMARTS) is 1. The van der Waals surface area contributed by atoms with E-state index in [1.54, 1.807) is 13.8 Å². The lowest BCUT2D eigenvalue weighted by molar-refractivity contribution is -0.143. The van der Waals surface area contributed by atoms with Gasteiger partial charge in [0.05, 0.1) is 18.9 Å². The minimum absolute atomic E-state index is 0.0657. The summed E-state index contributed by atoms with van der Waals surface area (Å²) in [6, 6.07) is -5.25. The molecule has 0 aromatic carbocycles. The van der Waals surface area contributed by atoms with Gasteiger partial charge in [-0.05, 0) is 19.3 Å². The highest BCUT2D eigenvalue weighted by Gasteiger charge is 2.31. The summed E-state index contributed by atoms with van der Waals surface area (Å²) in [4.78, 5) is 70.7. The van der Waals surface area contributed by atoms with E-state index in [0.29, 0.717) is 0 Å². The predicted molar refractivity (Wildman–Crippen MR) is 104 cm³/mol. The van der Waals surface area contributed by atoms with Crippen LogP contribution in [-0.2, 0) is 28.8 Å². The Balaban J connectivity index is 5.48. The first-order valence-corrected chi connectivity index (χ1v) is 9.20. The molecule has 13 heteroatoms. The number of hydrogen-bond donors (Lipinski definition) is 7. The molecular formula is C17H30N6O7. The summed E-state index contributed by atoms with van der Waals surface area (Å²) in [5.74, 6) is -5.95. The van der Waals surface area contributed by atoms with Crippen molar-refractivity contribution >= 4 is 35.5 Å². The molecule has 5 amide bonds. The number of hydrogen-bond acceptors (Lipinski definition) is 7. The highest BCUT2D eigenvalue weighted by Crippen LogP contribution is 2.06. The summed E-state index contributed by atoms with van der Waals surface area (Å²) in [5, 5.41) is 15.9. The van der Waals surface area contributed by atoms with Gasteiger partial charge in [-0.1, -0.05) is 13.8 Å². The maximum atomic E-state index is 12.5. The Hall–Kier alpha value is -3.22. The summed E-state index contributed by atoms with van der Waals surface area (Å²) in [6.07, 6.45) is -1.14. The minimum atomic E-state index is -1.54. The molecule has 4 unspecified atom stereocenters. The van der Waals surface area contributed by atoms with Crippen LogP contribution in [0.1, 0.15) is 40.0 Å². The Morgan fingerprint density at radius 3 is 1.40 bits per heavy atom. The molecule has 0 saturated heterocycles. The van der Waals surface area contributed by atoms with E-state index in [1.807, 2.05) is 0 Å². The quantitative estimate of drug-likeness (QED) is 0.155. The van der Waals surface area contributed by atoms with E-state index in [1.165, 1.54) is 6.92 Å². The van der Waals surface area contributed by atoms with Crippen molar-refractivity contribution in [1.82, 2.24) is 16.0 Å². The Morgan fingerprint density at radius 1 is 0.733 bits per heavy atom. The van der Waals surface area contributed by atoms with Gasteiger partial charge in [-0.25, -0.2) is 4.79 Å². The van der Waals surface area contributed by atoms with Crippen molar-refractivity contribution in [3.05, 3.63) is 0 Å². The molecule has 0 aliphatic rings. The van der Waals surface area contributed by atoms with E-state index in [-0.39, 0.29) is 12.3 Å². The SMILES string of the molecule is CC(C)CC(NC(=O)C(CC(N)=O)NC(=O)C(CC(N)=O)NC(=O)C(C)N)C(=O)O. The molecule has 0 spiro atoms. The Kier molecular flexibility index (Phi) is 11.0. The average molecular weight is 430 g/mol. The van der Waals surface area contributed by atoms with Crippen molar-refractivity contribution in [2.75, 3.05) is 0 Å². The molecule has 170 valence electrons. The van der Waals surface area contributed by atoms with Gasteiger partial charge in [-0.3, -0.25) is 24.0 Å². The van der Waals surface area contributed by atoms with Crippen LogP contribution in [0.5, 0.6) is 0 Å². The molecule has 0 aliphatic carbocycles. The van der Waals surface area contributed by atoms with Crippen LogP contribution < -0.4 is 33.2 Å². The lowest BCUT2D eigenvalue weighted by Gasteiger charge is -2.24. The topological polar surface area (TPSA) is 237 Å². The molecule has 4 atom stereocenters. The van der Waals surface area contributed by atoms with Gasteiger partial charge >= 0.3 is 5.97 Å². The van der Waals surface area contributed by atoms with Crippen molar-refractivity contribution in [3.63, 3.8) is 0 Å². The Labute approximate surface area is 173 Å². The van der Waals surface area contributed by atoms with Crippen LogP contribution in [0.25, 0.3) is 0 Å². The first kappa shape index (κ1) is 26.8. The van der Waals surface area contributed by atoms with Gasteiger partial charge in [0.2, 0.25) is 29.5 Å². The summed E-state index contributed by atoms with van der Waals surface area (Å²) < 4.78 is 0. The molecule has 0 heterocycles. The first-order chi connectivity index (χ1) is 13.7. The second-order valence-corrected chi connectivity index (χ2v) is 7.28. The van der Waals surface area contributed by atoms with Gasteiger partial charge in [0, 0.05) is 0 Å². The third-order valence-electron chi connectivity index (χ3n) is 3.81. The standard InChI is InChI=1S/C17H30N6O7/c1-7(2)4-11(17(29)30)23-16(28)10(6-13(20)25)22-15(27)9(5-12(19)24)21-14(26)8(3)18/h7-11H,4-6,18H2,1-3H3,(H2,19,24)(H2,20,25)(H,21,26)(H,22,27)(H,23,28)(H,29,30). The van der Waals surface area contributed by atoms with E-state index >= 15 is 0 Å². The van der Waals surface area contributed by atoms with Gasteiger partial charge < -0.3 is 38.3 Å². The lowest BCUT2D eigenvalue weighted by atomic mass is 10.0. The number of aliphatic carboxylic acids is 1. The van der Waals surface area contributed by atoms with E-state index in [0.717, 1.165) is 0 Å². The maximum absolute atomic E-state index is 12.5. The number of carbonyl (C=O) groups excluding carboxylic acids is 5. The van der Waals surface area contributed by atoms with Crippen molar-refractivity contribution in [2.24, 2.45) is 23.1 Å². The van der Waals surface area contributed by atoms with E-state index in [4.69, 9.17) is 17.2 Å². The zero-order valence-electron chi connectivity index (χ0n) is 17.1. The normalized spacial score (nSPS) is 14.7. The van der Waals surface area contributed by atoms with Crippen LogP contribution in [0.3, 0.4) is 0 Å². The summed E-state index contributed by atoms with van der Waals surface area (Å²) in [5.41, 5.74) is 15.6. The molecule has 13 nitrogen and oxygen atoms in total. The van der Waals surface area contributed by atoms with Gasteiger partial charge in [-0.15, -0.1) is 0 Å². The highest BCUT2D eigenvalue weighted by atomic mass is 16.4. The van der Waals surface area contributed by atoms with E-state index in [2.05, 4.69) is 16.0 Å². The van der Waals surface area contributed by atoms with Crippen LogP contribution in [0.2, 0.25) is 0 Å². The molecule has 10 N–H and O–H groups in total. The van der Waals surface area contributed by atoms with Crippen LogP contribution in [-0.4, -0.2) is 64.8 Å². The summed E-state index contributed by atoms with van der Waals surface area (Å²) >= 11 is 0. The van der Waals surface area contributed by atoms with Crippen LogP contribution in [0.4, 0.5) is 0 Å². The Morgan fingerprint density at radius 2 is 1.10 bits per heavy atom. The molecule has 0 saturated carbocycles. The van der Waals surface area contributed by atoms with Crippen molar-refractivity contribution in [2.45, 2.75) is 64.2 Å². The fourth-order valence-electron chi connectivity index (χ4n) is 2.36. The number of carbonyl (C=O) groups is 6. The second-order valence-electron chi connectivity index (χ2n) is 7.28. The smallest absolute Gasteiger partial charge is 0.326 e. The van der Waals surface area contributed by atoms with Crippen LogP contribution >= 0.6 is 0 Å². The molecule has 0 fully saturated rings. The van der Waals surface area contributed by atoms with E-state index in [9.17, 15) is 33.9 Å². The fourth-order valence-corrected chi connectivity index (χ4v) is 2.36. The number of primary amides is 2.